The number of ether oxygens (including phenoxy) is 2. The van der Waals surface area contributed by atoms with E-state index in [2.05, 4.69) is 26.4 Å². The van der Waals surface area contributed by atoms with E-state index in [0.717, 1.165) is 6.66 Å². The summed E-state index contributed by atoms with van der Waals surface area (Å²) in [7, 11) is -7.19. The number of carbonyl (C=O) groups excluding carboxylic acids is 2. The van der Waals surface area contributed by atoms with Gasteiger partial charge in [-0.3, -0.25) is 29.8 Å². The number of nitrogens with zero attached hydrogens (tertiary/aromatic N) is 4. The van der Waals surface area contributed by atoms with Gasteiger partial charge in [0, 0.05) is 36.7 Å². The highest BCUT2D eigenvalue weighted by Gasteiger charge is 2.40. The Hall–Kier alpha value is -4.37. The first-order valence-electron chi connectivity index (χ1n) is 13.6. The number of aromatic nitrogens is 1. The number of rotatable bonds is 10. The molecule has 1 saturated heterocycles. The number of anilines is 2. The highest BCUT2D eigenvalue weighted by atomic mass is 31.2. The van der Waals surface area contributed by atoms with Gasteiger partial charge in [-0.2, -0.15) is 0 Å². The number of carbonyl (C=O) groups is 2. The molecule has 2 aliphatic rings. The number of amides is 2. The lowest BCUT2D eigenvalue weighted by Crippen LogP contribution is -2.37. The molecule has 1 aromatic heterocycles. The third kappa shape index (κ3) is 7.88. The maximum Gasteiger partial charge on any atom is 0.414 e. The SMILES string of the molecule is CN1NN=C(c2ccc(-c3ccc(N4C[C@H](COC(=O)Nc5ccc(CC(P(C)(=O)O)P(=O)(O)O)cc5)OC4=O)cc3F)cn2)N1. The Balaban J connectivity index is 1.13. The van der Waals surface area contributed by atoms with E-state index in [1.54, 1.807) is 30.4 Å². The van der Waals surface area contributed by atoms with Crippen LogP contribution in [0.5, 0.6) is 0 Å². The van der Waals surface area contributed by atoms with Gasteiger partial charge in [0.15, 0.2) is 11.9 Å². The van der Waals surface area contributed by atoms with Crippen LogP contribution in [0, 0.1) is 5.82 Å². The molecule has 1 fully saturated rings. The first-order chi connectivity index (χ1) is 21.7. The van der Waals surface area contributed by atoms with Crippen molar-refractivity contribution in [2.75, 3.05) is 37.1 Å². The predicted octanol–water partition coefficient (Wildman–Crippen LogP) is 3.02. The molecule has 19 heteroatoms. The van der Waals surface area contributed by atoms with Gasteiger partial charge in [-0.05, 0) is 48.4 Å². The zero-order valence-electron chi connectivity index (χ0n) is 24.4. The van der Waals surface area contributed by atoms with Crippen LogP contribution in [-0.4, -0.2) is 81.2 Å². The maximum absolute atomic E-state index is 15.1. The molecule has 2 aromatic carbocycles. The fourth-order valence-corrected chi connectivity index (χ4v) is 7.92. The molecule has 2 unspecified atom stereocenters. The summed E-state index contributed by atoms with van der Waals surface area (Å²) < 4.78 is 49.2. The number of pyridine rings is 1. The smallest absolute Gasteiger partial charge is 0.414 e. The number of nitrogens with one attached hydrogen (secondary N) is 3. The zero-order valence-corrected chi connectivity index (χ0v) is 26.2. The Bertz CT molecular complexity index is 1730. The molecule has 2 amide bonds. The molecule has 16 nitrogen and oxygen atoms in total. The highest BCUT2D eigenvalue weighted by molar-refractivity contribution is 7.73. The molecule has 2 aliphatic heterocycles. The van der Waals surface area contributed by atoms with Crippen molar-refractivity contribution >= 4 is 44.4 Å². The van der Waals surface area contributed by atoms with Crippen LogP contribution in [0.25, 0.3) is 11.1 Å². The number of amidine groups is 1. The second-order valence-corrected chi connectivity index (χ2v) is 15.3. The highest BCUT2D eigenvalue weighted by Crippen LogP contribution is 2.61. The first kappa shape index (κ1) is 33.0. The van der Waals surface area contributed by atoms with E-state index in [4.69, 9.17) is 9.47 Å². The van der Waals surface area contributed by atoms with Crippen LogP contribution >= 0.6 is 15.0 Å². The Labute approximate surface area is 261 Å². The van der Waals surface area contributed by atoms with Gasteiger partial charge in [0.25, 0.3) is 0 Å². The quantitative estimate of drug-likeness (QED) is 0.170. The Morgan fingerprint density at radius 1 is 1.17 bits per heavy atom. The van der Waals surface area contributed by atoms with Crippen molar-refractivity contribution in [1.82, 2.24) is 21.1 Å². The molecule has 244 valence electrons. The van der Waals surface area contributed by atoms with Gasteiger partial charge in [-0.15, -0.1) is 10.2 Å². The monoisotopic (exact) mass is 677 g/mol. The number of hydrogen-bond acceptors (Lipinski definition) is 11. The number of halogens is 1. The average molecular weight is 678 g/mol. The Kier molecular flexibility index (Phi) is 9.44. The number of benzene rings is 2. The van der Waals surface area contributed by atoms with Crippen LogP contribution in [0.15, 0.2) is 65.9 Å². The molecular weight excluding hydrogens is 647 g/mol. The molecule has 5 rings (SSSR count). The van der Waals surface area contributed by atoms with Gasteiger partial charge in [-0.25, -0.2) is 19.5 Å². The molecule has 0 radical (unpaired) electrons. The molecule has 0 saturated carbocycles. The van der Waals surface area contributed by atoms with Gasteiger partial charge in [0.05, 0.1) is 12.2 Å². The summed E-state index contributed by atoms with van der Waals surface area (Å²) in [5, 5.41) is 6.33. The fraction of sp³-hybridized carbons (Fsp3) is 0.259. The topological polar surface area (TPSA) is 215 Å². The van der Waals surface area contributed by atoms with Crippen molar-refractivity contribution < 1.29 is 47.3 Å². The van der Waals surface area contributed by atoms with E-state index in [1.165, 1.54) is 47.5 Å². The van der Waals surface area contributed by atoms with Crippen molar-refractivity contribution in [2.45, 2.75) is 17.9 Å². The van der Waals surface area contributed by atoms with Crippen molar-refractivity contribution in [2.24, 2.45) is 5.10 Å². The summed E-state index contributed by atoms with van der Waals surface area (Å²) in [4.78, 5) is 59.0. The lowest BCUT2D eigenvalue weighted by Gasteiger charge is -2.21. The minimum Gasteiger partial charge on any atom is -0.445 e. The second kappa shape index (κ2) is 13.2. The largest absolute Gasteiger partial charge is 0.445 e. The molecular formula is C27H30FN7O9P2. The minimum absolute atomic E-state index is 0.000320. The van der Waals surface area contributed by atoms with Gasteiger partial charge in [0.1, 0.15) is 23.5 Å². The van der Waals surface area contributed by atoms with E-state index in [-0.39, 0.29) is 36.5 Å². The van der Waals surface area contributed by atoms with Crippen LogP contribution < -0.4 is 21.2 Å². The van der Waals surface area contributed by atoms with Gasteiger partial charge >= 0.3 is 19.8 Å². The minimum atomic E-state index is -4.84. The number of hydrazone groups is 1. The first-order valence-corrected chi connectivity index (χ1v) is 17.5. The third-order valence-electron chi connectivity index (χ3n) is 7.00. The van der Waals surface area contributed by atoms with Gasteiger partial charge in [-0.1, -0.05) is 18.2 Å². The summed E-state index contributed by atoms with van der Waals surface area (Å²) in [6.45, 7) is 0.599. The summed E-state index contributed by atoms with van der Waals surface area (Å²) in [5.74, 6) is -0.0749. The summed E-state index contributed by atoms with van der Waals surface area (Å²) in [6.07, 6.45) is -1.26. The lowest BCUT2D eigenvalue weighted by atomic mass is 10.1. The molecule has 3 heterocycles. The van der Waals surface area contributed by atoms with Gasteiger partial charge < -0.3 is 24.2 Å². The summed E-state index contributed by atoms with van der Waals surface area (Å²) in [6, 6.07) is 13.4. The third-order valence-corrected chi connectivity index (χ3v) is 11.4. The average Bonchev–Trinajstić information content (AvgIpc) is 3.59. The zero-order chi connectivity index (χ0) is 33.2. The molecule has 0 spiro atoms. The fourth-order valence-electron chi connectivity index (χ4n) is 4.69. The number of hydrogen-bond donors (Lipinski definition) is 6. The standard InChI is InChI=1S/C27H30FN7O9P2/c1-34-32-25(31-33-34)23-10-5-17(13-29-23)21-9-8-19(12-22(21)28)35-14-20(44-27(35)37)15-43-26(36)30-18-6-3-16(4-7-18)11-24(45(2,38)39)46(40,41)42/h3-10,12-13,20,24,33H,11,14-15H2,1-2H3,(H,30,36)(H,31,32)(H,38,39)(H2,40,41,42)/t20-,24?/m1/s1. The van der Waals surface area contributed by atoms with Crippen molar-refractivity contribution in [1.29, 1.82) is 0 Å². The summed E-state index contributed by atoms with van der Waals surface area (Å²) in [5.41, 5.74) is 7.92. The molecule has 0 bridgehead atoms. The van der Waals surface area contributed by atoms with E-state index >= 15 is 4.39 Å². The van der Waals surface area contributed by atoms with E-state index in [0.29, 0.717) is 22.7 Å². The van der Waals surface area contributed by atoms with Crippen molar-refractivity contribution in [3.8, 4) is 11.1 Å². The van der Waals surface area contributed by atoms with Crippen molar-refractivity contribution in [3.05, 3.63) is 77.9 Å². The van der Waals surface area contributed by atoms with Gasteiger partial charge in [0.2, 0.25) is 7.37 Å². The number of hydrazine groups is 2. The van der Waals surface area contributed by atoms with Crippen LogP contribution in [0.3, 0.4) is 0 Å². The second-order valence-electron chi connectivity index (χ2n) is 10.6. The van der Waals surface area contributed by atoms with E-state index in [9.17, 15) is 33.4 Å². The van der Waals surface area contributed by atoms with Crippen LogP contribution in [0.4, 0.5) is 25.4 Å². The van der Waals surface area contributed by atoms with Crippen LogP contribution in [0.1, 0.15) is 11.3 Å². The molecule has 6 N–H and O–H groups in total. The van der Waals surface area contributed by atoms with Crippen LogP contribution in [-0.2, 0) is 25.0 Å². The molecule has 3 atom stereocenters. The predicted molar refractivity (Wildman–Crippen MR) is 165 cm³/mol. The molecule has 46 heavy (non-hydrogen) atoms. The van der Waals surface area contributed by atoms with Crippen LogP contribution in [0.2, 0.25) is 0 Å². The normalized spacial score (nSPS) is 18.6. The summed E-state index contributed by atoms with van der Waals surface area (Å²) >= 11 is 0. The van der Waals surface area contributed by atoms with Crippen molar-refractivity contribution in [3.63, 3.8) is 0 Å². The Morgan fingerprint density at radius 2 is 1.91 bits per heavy atom. The molecule has 0 aliphatic carbocycles. The maximum atomic E-state index is 15.1. The Morgan fingerprint density at radius 3 is 2.50 bits per heavy atom. The molecule has 3 aromatic rings. The lowest BCUT2D eigenvalue weighted by molar-refractivity contribution is 0.0798. The van der Waals surface area contributed by atoms with E-state index < -0.39 is 44.5 Å². The number of cyclic esters (lactones) is 1. The van der Waals surface area contributed by atoms with E-state index in [1.807, 2.05) is 0 Å².